The SMILES string of the molecule is CN(C)c1ccc(CCN=[N+]=[N-])cn1. The molecule has 0 saturated heterocycles. The van der Waals surface area contributed by atoms with Crippen molar-refractivity contribution in [3.8, 4) is 0 Å². The third-order valence-corrected chi connectivity index (χ3v) is 1.83. The van der Waals surface area contributed by atoms with Gasteiger partial charge in [0, 0.05) is 31.7 Å². The van der Waals surface area contributed by atoms with Gasteiger partial charge in [0.1, 0.15) is 5.82 Å². The van der Waals surface area contributed by atoms with Crippen molar-refractivity contribution in [2.75, 3.05) is 25.5 Å². The fourth-order valence-corrected chi connectivity index (χ4v) is 1.05. The van der Waals surface area contributed by atoms with Crippen LogP contribution in [0.15, 0.2) is 23.4 Å². The normalized spacial score (nSPS) is 9.29. The van der Waals surface area contributed by atoms with Gasteiger partial charge in [0.15, 0.2) is 0 Å². The summed E-state index contributed by atoms with van der Waals surface area (Å²) in [5.74, 6) is 0.928. The highest BCUT2D eigenvalue weighted by Gasteiger charge is 1.96. The van der Waals surface area contributed by atoms with Crippen LogP contribution in [0.1, 0.15) is 5.56 Å². The van der Waals surface area contributed by atoms with Gasteiger partial charge in [0.2, 0.25) is 0 Å². The van der Waals surface area contributed by atoms with Crippen molar-refractivity contribution in [1.29, 1.82) is 0 Å². The number of hydrogen-bond acceptors (Lipinski definition) is 3. The van der Waals surface area contributed by atoms with Crippen molar-refractivity contribution < 1.29 is 0 Å². The van der Waals surface area contributed by atoms with Crippen LogP contribution in [0.25, 0.3) is 10.4 Å². The second-order valence-corrected chi connectivity index (χ2v) is 3.12. The summed E-state index contributed by atoms with van der Waals surface area (Å²) < 4.78 is 0. The highest BCUT2D eigenvalue weighted by atomic mass is 15.1. The van der Waals surface area contributed by atoms with E-state index in [4.69, 9.17) is 5.53 Å². The fraction of sp³-hybridized carbons (Fsp3) is 0.444. The first-order valence-electron chi connectivity index (χ1n) is 4.37. The lowest BCUT2D eigenvalue weighted by Crippen LogP contribution is -2.10. The number of nitrogens with zero attached hydrogens (tertiary/aromatic N) is 5. The maximum Gasteiger partial charge on any atom is 0.127 e. The fourth-order valence-electron chi connectivity index (χ4n) is 1.05. The molecule has 0 fully saturated rings. The summed E-state index contributed by atoms with van der Waals surface area (Å²) in [6, 6.07) is 3.95. The Hall–Kier alpha value is -1.74. The number of azide groups is 1. The molecule has 74 valence electrons. The Labute approximate surface area is 83.0 Å². The topological polar surface area (TPSA) is 64.9 Å². The van der Waals surface area contributed by atoms with Gasteiger partial charge in [0.25, 0.3) is 0 Å². The van der Waals surface area contributed by atoms with E-state index in [0.29, 0.717) is 6.54 Å². The summed E-state index contributed by atoms with van der Waals surface area (Å²) in [7, 11) is 3.89. The highest BCUT2D eigenvalue weighted by molar-refractivity contribution is 5.37. The van der Waals surface area contributed by atoms with Crippen molar-refractivity contribution in [3.05, 3.63) is 34.3 Å². The van der Waals surface area contributed by atoms with E-state index in [0.717, 1.165) is 17.8 Å². The molecule has 1 rings (SSSR count). The molecule has 0 radical (unpaired) electrons. The third-order valence-electron chi connectivity index (χ3n) is 1.83. The monoisotopic (exact) mass is 191 g/mol. The summed E-state index contributed by atoms with van der Waals surface area (Å²) in [6.07, 6.45) is 2.55. The minimum Gasteiger partial charge on any atom is -0.363 e. The quantitative estimate of drug-likeness (QED) is 0.415. The van der Waals surface area contributed by atoms with Gasteiger partial charge in [-0.05, 0) is 23.6 Å². The van der Waals surface area contributed by atoms with Crippen molar-refractivity contribution >= 4 is 5.82 Å². The van der Waals surface area contributed by atoms with Crippen LogP contribution in [0.2, 0.25) is 0 Å². The van der Waals surface area contributed by atoms with Crippen LogP contribution in [0.4, 0.5) is 5.82 Å². The zero-order valence-electron chi connectivity index (χ0n) is 8.38. The van der Waals surface area contributed by atoms with Crippen LogP contribution in [0.5, 0.6) is 0 Å². The lowest BCUT2D eigenvalue weighted by atomic mass is 10.2. The van der Waals surface area contributed by atoms with Gasteiger partial charge in [-0.15, -0.1) is 0 Å². The minimum absolute atomic E-state index is 0.486. The van der Waals surface area contributed by atoms with Gasteiger partial charge >= 0.3 is 0 Å². The van der Waals surface area contributed by atoms with Crippen LogP contribution in [-0.4, -0.2) is 25.6 Å². The molecule has 5 heteroatoms. The molecule has 0 atom stereocenters. The Morgan fingerprint density at radius 1 is 1.50 bits per heavy atom. The summed E-state index contributed by atoms with van der Waals surface area (Å²) in [5, 5.41) is 3.47. The van der Waals surface area contributed by atoms with Crippen LogP contribution >= 0.6 is 0 Å². The molecule has 0 saturated carbocycles. The first-order chi connectivity index (χ1) is 6.74. The number of anilines is 1. The predicted molar refractivity (Wildman–Crippen MR) is 56.3 cm³/mol. The Balaban J connectivity index is 2.59. The second-order valence-electron chi connectivity index (χ2n) is 3.12. The van der Waals surface area contributed by atoms with Crippen molar-refractivity contribution in [2.45, 2.75) is 6.42 Å². The van der Waals surface area contributed by atoms with Gasteiger partial charge < -0.3 is 4.90 Å². The largest absolute Gasteiger partial charge is 0.363 e. The molecule has 14 heavy (non-hydrogen) atoms. The summed E-state index contributed by atoms with van der Waals surface area (Å²) in [4.78, 5) is 8.88. The summed E-state index contributed by atoms with van der Waals surface area (Å²) >= 11 is 0. The van der Waals surface area contributed by atoms with E-state index < -0.39 is 0 Å². The lowest BCUT2D eigenvalue weighted by Gasteiger charge is -2.10. The number of hydrogen-bond donors (Lipinski definition) is 0. The maximum atomic E-state index is 8.10. The van der Waals surface area contributed by atoms with Gasteiger partial charge in [0.05, 0.1) is 0 Å². The molecule has 5 nitrogen and oxygen atoms in total. The molecule has 1 aromatic rings. The Morgan fingerprint density at radius 3 is 2.79 bits per heavy atom. The number of aromatic nitrogens is 1. The standard InChI is InChI=1S/C9H13N5/c1-14(2)9-4-3-8(7-11-9)5-6-12-13-10/h3-4,7H,5-6H2,1-2H3. The first kappa shape index (κ1) is 10.3. The molecule has 1 heterocycles. The van der Waals surface area contributed by atoms with E-state index in [9.17, 15) is 0 Å². The van der Waals surface area contributed by atoms with Crippen molar-refractivity contribution in [1.82, 2.24) is 4.98 Å². The van der Waals surface area contributed by atoms with Crippen molar-refractivity contribution in [2.24, 2.45) is 5.11 Å². The van der Waals surface area contributed by atoms with E-state index >= 15 is 0 Å². The second kappa shape index (κ2) is 5.09. The smallest absolute Gasteiger partial charge is 0.127 e. The van der Waals surface area contributed by atoms with E-state index in [2.05, 4.69) is 15.0 Å². The molecule has 0 N–H and O–H groups in total. The zero-order valence-corrected chi connectivity index (χ0v) is 8.38. The Morgan fingerprint density at radius 2 is 2.29 bits per heavy atom. The molecule has 0 aromatic carbocycles. The van der Waals surface area contributed by atoms with Crippen LogP contribution in [0, 0.1) is 0 Å². The lowest BCUT2D eigenvalue weighted by molar-refractivity contribution is 0.942. The third kappa shape index (κ3) is 2.95. The molecule has 0 unspecified atom stereocenters. The van der Waals surface area contributed by atoms with Crippen molar-refractivity contribution in [3.63, 3.8) is 0 Å². The molecule has 0 aliphatic carbocycles. The molecular formula is C9H13N5. The summed E-state index contributed by atoms with van der Waals surface area (Å²) in [5.41, 5.74) is 9.18. The van der Waals surface area contributed by atoms with Gasteiger partial charge in [-0.25, -0.2) is 4.98 Å². The van der Waals surface area contributed by atoms with E-state index in [1.807, 2.05) is 37.3 Å². The highest BCUT2D eigenvalue weighted by Crippen LogP contribution is 2.08. The average Bonchev–Trinajstić information content (AvgIpc) is 2.19. The van der Waals surface area contributed by atoms with E-state index in [-0.39, 0.29) is 0 Å². The van der Waals surface area contributed by atoms with Gasteiger partial charge in [-0.1, -0.05) is 11.2 Å². The van der Waals surface area contributed by atoms with Crippen LogP contribution in [0.3, 0.4) is 0 Å². The van der Waals surface area contributed by atoms with Gasteiger partial charge in [-0.3, -0.25) is 0 Å². The van der Waals surface area contributed by atoms with Crippen LogP contribution < -0.4 is 4.90 Å². The zero-order chi connectivity index (χ0) is 10.4. The molecular weight excluding hydrogens is 178 g/mol. The molecule has 0 amide bonds. The average molecular weight is 191 g/mol. The Kier molecular flexibility index (Phi) is 3.76. The molecule has 0 spiro atoms. The van der Waals surface area contributed by atoms with Crippen LogP contribution in [-0.2, 0) is 6.42 Å². The minimum atomic E-state index is 0.486. The number of pyridine rings is 1. The maximum absolute atomic E-state index is 8.10. The number of rotatable bonds is 4. The van der Waals surface area contributed by atoms with E-state index in [1.165, 1.54) is 0 Å². The summed E-state index contributed by atoms with van der Waals surface area (Å²) in [6.45, 7) is 0.486. The first-order valence-corrected chi connectivity index (χ1v) is 4.37. The predicted octanol–water partition coefficient (Wildman–Crippen LogP) is 2.00. The molecule has 0 aliphatic rings. The Bertz CT molecular complexity index is 324. The molecule has 0 bridgehead atoms. The van der Waals surface area contributed by atoms with Gasteiger partial charge in [-0.2, -0.15) is 0 Å². The molecule has 0 aliphatic heterocycles. The molecule has 1 aromatic heterocycles. The van der Waals surface area contributed by atoms with E-state index in [1.54, 1.807) is 0 Å².